The molecule has 0 bridgehead atoms. The van der Waals surface area contributed by atoms with Crippen LogP contribution in [0.5, 0.6) is 5.75 Å². The molecule has 0 saturated heterocycles. The first-order chi connectivity index (χ1) is 16.9. The molecule has 35 heavy (non-hydrogen) atoms. The van der Waals surface area contributed by atoms with E-state index in [1.54, 1.807) is 36.4 Å². The van der Waals surface area contributed by atoms with Gasteiger partial charge in [-0.1, -0.05) is 39.0 Å². The summed E-state index contributed by atoms with van der Waals surface area (Å²) in [6, 6.07) is 14.4. The molecule has 0 aliphatic rings. The molecule has 5 nitrogen and oxygen atoms in total. The highest BCUT2D eigenvalue weighted by molar-refractivity contribution is 6.04. The number of rotatable bonds is 17. The molecule has 0 radical (unpaired) electrons. The minimum atomic E-state index is -0.178. The predicted molar refractivity (Wildman–Crippen MR) is 145 cm³/mol. The van der Waals surface area contributed by atoms with Crippen molar-refractivity contribution in [3.05, 3.63) is 59.7 Å². The van der Waals surface area contributed by atoms with Gasteiger partial charge in [-0.2, -0.15) is 0 Å². The summed E-state index contributed by atoms with van der Waals surface area (Å²) in [6.07, 6.45) is 8.82. The number of benzene rings is 2. The maximum absolute atomic E-state index is 12.6. The van der Waals surface area contributed by atoms with Crippen molar-refractivity contribution in [1.82, 2.24) is 0 Å². The molecule has 5 heteroatoms. The van der Waals surface area contributed by atoms with Gasteiger partial charge < -0.3 is 14.5 Å². The number of ether oxygens (including phenoxy) is 1. The van der Waals surface area contributed by atoms with E-state index in [4.69, 9.17) is 4.74 Å². The third-order valence-corrected chi connectivity index (χ3v) is 6.98. The molecule has 0 unspecified atom stereocenters. The fourth-order valence-corrected chi connectivity index (χ4v) is 4.02. The Hall–Kier alpha value is -2.66. The SMILES string of the molecule is CCCCCCCCOc1ccc(C(=O)Nc2ccc(C(=O)CCC[N+](C)(CC)CC)cc2)cc1. The Kier molecular flexibility index (Phi) is 12.5. The number of nitrogens with zero attached hydrogens (tertiary/aromatic N) is 1. The lowest BCUT2D eigenvalue weighted by Crippen LogP contribution is -2.44. The van der Waals surface area contributed by atoms with E-state index in [0.29, 0.717) is 29.8 Å². The molecule has 0 atom stereocenters. The van der Waals surface area contributed by atoms with Crippen LogP contribution in [0.15, 0.2) is 48.5 Å². The highest BCUT2D eigenvalue weighted by Crippen LogP contribution is 2.17. The van der Waals surface area contributed by atoms with Gasteiger partial charge >= 0.3 is 0 Å². The number of ketones is 1. The zero-order valence-corrected chi connectivity index (χ0v) is 22.3. The molecular weight excluding hydrogens is 436 g/mol. The highest BCUT2D eigenvalue weighted by Gasteiger charge is 2.17. The molecule has 0 aliphatic carbocycles. The van der Waals surface area contributed by atoms with Gasteiger partial charge in [-0.3, -0.25) is 9.59 Å². The number of carbonyl (C=O) groups is 2. The lowest BCUT2D eigenvalue weighted by atomic mass is 10.1. The molecule has 2 aromatic carbocycles. The summed E-state index contributed by atoms with van der Waals surface area (Å²) in [5.41, 5.74) is 1.94. The topological polar surface area (TPSA) is 55.4 Å². The van der Waals surface area contributed by atoms with Crippen molar-refractivity contribution >= 4 is 17.4 Å². The second kappa shape index (κ2) is 15.4. The molecule has 1 N–H and O–H groups in total. The van der Waals surface area contributed by atoms with E-state index >= 15 is 0 Å². The van der Waals surface area contributed by atoms with E-state index in [1.165, 1.54) is 32.1 Å². The van der Waals surface area contributed by atoms with Crippen molar-refractivity contribution in [1.29, 1.82) is 0 Å². The summed E-state index contributed by atoms with van der Waals surface area (Å²) in [6.45, 7) is 10.5. The Balaban J connectivity index is 1.76. The Morgan fingerprint density at radius 3 is 2.00 bits per heavy atom. The first-order valence-electron chi connectivity index (χ1n) is 13.4. The first-order valence-corrected chi connectivity index (χ1v) is 13.4. The van der Waals surface area contributed by atoms with Crippen molar-refractivity contribution in [2.24, 2.45) is 0 Å². The number of carbonyl (C=O) groups excluding carboxylic acids is 2. The molecule has 0 aliphatic heterocycles. The third-order valence-electron chi connectivity index (χ3n) is 6.98. The number of hydrogen-bond donors (Lipinski definition) is 1. The minimum Gasteiger partial charge on any atom is -0.494 e. The van der Waals surface area contributed by atoms with Crippen molar-refractivity contribution in [3.63, 3.8) is 0 Å². The molecule has 0 saturated carbocycles. The maximum Gasteiger partial charge on any atom is 0.255 e. The van der Waals surface area contributed by atoms with Gasteiger partial charge in [-0.25, -0.2) is 0 Å². The van der Waals surface area contributed by atoms with Crippen molar-refractivity contribution < 1.29 is 18.8 Å². The largest absolute Gasteiger partial charge is 0.494 e. The van der Waals surface area contributed by atoms with E-state index in [2.05, 4.69) is 33.1 Å². The number of Topliss-reactive ketones (excluding diaryl/α,β-unsaturated/α-hetero) is 1. The van der Waals surface area contributed by atoms with E-state index in [0.717, 1.165) is 42.7 Å². The molecule has 1 amide bonds. The molecular formula is C30H45N2O3+. The van der Waals surface area contributed by atoms with Crippen LogP contribution >= 0.6 is 0 Å². The van der Waals surface area contributed by atoms with Crippen LogP contribution in [-0.4, -0.2) is 49.5 Å². The average Bonchev–Trinajstić information content (AvgIpc) is 2.88. The minimum absolute atomic E-state index is 0.151. The second-order valence-corrected chi connectivity index (χ2v) is 9.67. The van der Waals surface area contributed by atoms with E-state index in [-0.39, 0.29) is 11.7 Å². The van der Waals surface area contributed by atoms with Crippen LogP contribution in [-0.2, 0) is 0 Å². The lowest BCUT2D eigenvalue weighted by Gasteiger charge is -2.32. The van der Waals surface area contributed by atoms with Crippen molar-refractivity contribution in [3.8, 4) is 5.75 Å². The molecule has 0 spiro atoms. The summed E-state index contributed by atoms with van der Waals surface area (Å²) >= 11 is 0. The molecule has 0 aromatic heterocycles. The van der Waals surface area contributed by atoms with E-state index < -0.39 is 0 Å². The molecule has 2 aromatic rings. The molecule has 0 fully saturated rings. The van der Waals surface area contributed by atoms with E-state index in [1.807, 2.05) is 12.1 Å². The Morgan fingerprint density at radius 2 is 1.37 bits per heavy atom. The fourth-order valence-electron chi connectivity index (χ4n) is 4.02. The van der Waals surface area contributed by atoms with Crippen LogP contribution in [0.3, 0.4) is 0 Å². The fraction of sp³-hybridized carbons (Fsp3) is 0.533. The zero-order valence-electron chi connectivity index (χ0n) is 22.3. The van der Waals surface area contributed by atoms with Gasteiger partial charge in [0.15, 0.2) is 5.78 Å². The van der Waals surface area contributed by atoms with Gasteiger partial charge in [0.05, 0.1) is 33.3 Å². The number of anilines is 1. The average molecular weight is 482 g/mol. The summed E-state index contributed by atoms with van der Waals surface area (Å²) in [7, 11) is 2.24. The van der Waals surface area contributed by atoms with Crippen LogP contribution in [0.4, 0.5) is 5.69 Å². The highest BCUT2D eigenvalue weighted by atomic mass is 16.5. The zero-order chi connectivity index (χ0) is 25.5. The quantitative estimate of drug-likeness (QED) is 0.149. The summed E-state index contributed by atoms with van der Waals surface area (Å²) < 4.78 is 6.79. The number of nitrogens with one attached hydrogen (secondary N) is 1. The van der Waals surface area contributed by atoms with Crippen LogP contribution in [0.2, 0.25) is 0 Å². The van der Waals surface area contributed by atoms with Crippen LogP contribution in [0, 0.1) is 0 Å². The Bertz CT molecular complexity index is 887. The Morgan fingerprint density at radius 1 is 0.771 bits per heavy atom. The first kappa shape index (κ1) is 28.6. The van der Waals surface area contributed by atoms with Gasteiger partial charge in [0.1, 0.15) is 5.75 Å². The van der Waals surface area contributed by atoms with Crippen LogP contribution < -0.4 is 10.1 Å². The second-order valence-electron chi connectivity index (χ2n) is 9.67. The lowest BCUT2D eigenvalue weighted by molar-refractivity contribution is -0.906. The Labute approximate surface area is 212 Å². The normalized spacial score (nSPS) is 11.3. The molecule has 2 rings (SSSR count). The predicted octanol–water partition coefficient (Wildman–Crippen LogP) is 7.13. The maximum atomic E-state index is 12.6. The van der Waals surface area contributed by atoms with Gasteiger partial charge in [-0.15, -0.1) is 0 Å². The standard InChI is InChI=1S/C30H44N2O3/c1-5-8-9-10-11-12-24-35-28-21-17-26(18-22-28)30(34)31-27-19-15-25(16-20-27)29(33)14-13-23-32(4,6-2)7-3/h15-22H,5-14,23-24H2,1-4H3/p+1. The molecule has 0 heterocycles. The number of unbranched alkanes of at least 4 members (excludes halogenated alkanes) is 5. The number of hydrogen-bond acceptors (Lipinski definition) is 3. The number of quaternary nitrogens is 1. The molecule has 192 valence electrons. The van der Waals surface area contributed by atoms with Gasteiger partial charge in [-0.05, 0) is 68.8 Å². The van der Waals surface area contributed by atoms with Crippen LogP contribution in [0.1, 0.15) is 92.9 Å². The van der Waals surface area contributed by atoms with Gasteiger partial charge in [0, 0.05) is 29.7 Å². The number of amides is 1. The smallest absolute Gasteiger partial charge is 0.255 e. The van der Waals surface area contributed by atoms with Gasteiger partial charge in [0.25, 0.3) is 5.91 Å². The summed E-state index contributed by atoms with van der Waals surface area (Å²) in [5.74, 6) is 0.760. The summed E-state index contributed by atoms with van der Waals surface area (Å²) in [5, 5.41) is 2.91. The van der Waals surface area contributed by atoms with Crippen molar-refractivity contribution in [2.75, 3.05) is 38.6 Å². The van der Waals surface area contributed by atoms with Gasteiger partial charge in [0.2, 0.25) is 0 Å². The van der Waals surface area contributed by atoms with Crippen molar-refractivity contribution in [2.45, 2.75) is 72.1 Å². The summed E-state index contributed by atoms with van der Waals surface area (Å²) in [4.78, 5) is 25.1. The van der Waals surface area contributed by atoms with E-state index in [9.17, 15) is 9.59 Å². The third kappa shape index (κ3) is 10.2. The van der Waals surface area contributed by atoms with Crippen LogP contribution in [0.25, 0.3) is 0 Å². The monoisotopic (exact) mass is 481 g/mol.